The van der Waals surface area contributed by atoms with Gasteiger partial charge in [-0.2, -0.15) is 0 Å². The molecule has 2 N–H and O–H groups in total. The maximum atomic E-state index is 11.7. The molecule has 0 saturated heterocycles. The molecule has 0 spiro atoms. The number of unbranched alkanes of at least 4 members (excludes halogenated alkanes) is 11. The molecule has 0 unspecified atom stereocenters. The summed E-state index contributed by atoms with van der Waals surface area (Å²) in [7, 11) is 0. The minimum atomic E-state index is -1.57. The third-order valence-electron chi connectivity index (χ3n) is 4.66. The van der Waals surface area contributed by atoms with Crippen LogP contribution < -0.4 is 40.0 Å². The van der Waals surface area contributed by atoms with Gasteiger partial charge in [0, 0.05) is 6.42 Å². The Kier molecular flexibility index (Phi) is 22.9. The quantitative estimate of drug-likeness (QED) is 0.182. The van der Waals surface area contributed by atoms with Crippen molar-refractivity contribution in [2.75, 3.05) is 0 Å². The Hall–Kier alpha value is -0.850. The zero-order valence-corrected chi connectivity index (χ0v) is 20.4. The van der Waals surface area contributed by atoms with Crippen LogP contribution in [-0.2, 0) is 14.4 Å². The molecule has 0 aliphatic rings. The molecule has 0 heterocycles. The first-order chi connectivity index (χ1) is 13.5. The number of hydrogen-bond acceptors (Lipinski definition) is 4. The molecule has 0 radical (unpaired) electrons. The summed E-state index contributed by atoms with van der Waals surface area (Å²) >= 11 is 0. The van der Waals surface area contributed by atoms with Gasteiger partial charge in [-0.1, -0.05) is 70.4 Å². The molecule has 0 aliphatic carbocycles. The number of nitrogens with one attached hydrogen (secondary N) is 1. The molecule has 0 fully saturated rings. The first kappa shape index (κ1) is 30.3. The van der Waals surface area contributed by atoms with Gasteiger partial charge in [0.15, 0.2) is 0 Å². The Morgan fingerprint density at radius 2 is 1.34 bits per heavy atom. The zero-order chi connectivity index (χ0) is 21.0. The molecule has 7 heteroatoms. The molecule has 6 nitrogen and oxygen atoms in total. The second kappa shape index (κ2) is 21.8. The second-order valence-corrected chi connectivity index (χ2v) is 7.37. The monoisotopic (exact) mass is 419 g/mol. The molecule has 0 aromatic heterocycles. The summed E-state index contributed by atoms with van der Waals surface area (Å²) in [6.07, 6.45) is 19.2. The van der Waals surface area contributed by atoms with E-state index in [-0.39, 0.29) is 36.0 Å². The van der Waals surface area contributed by atoms with E-state index in [2.05, 4.69) is 24.4 Å². The Morgan fingerprint density at radius 1 is 0.862 bits per heavy atom. The molecule has 0 aromatic carbocycles. The number of rotatable bonds is 19. The van der Waals surface area contributed by atoms with Gasteiger partial charge in [-0.05, 0) is 32.1 Å². The smallest absolute Gasteiger partial charge is 0.548 e. The van der Waals surface area contributed by atoms with Gasteiger partial charge in [0.1, 0.15) is 0 Å². The van der Waals surface area contributed by atoms with Gasteiger partial charge >= 0.3 is 35.5 Å². The standard InChI is InChI=1S/C22H39NO5.Na/c1-2-3-4-5-6-7-8-9-10-11-12-13-14-15-16-17-20(24)23-19(22(27)28)18-21(25)26;/h9-10,19H,2-8,11-18H2,1H3,(H,23,24)(H,25,26)(H,27,28);/q;+1/p-1/b10-9-;/t19-;/m0./s1. The van der Waals surface area contributed by atoms with Crippen LogP contribution >= 0.6 is 0 Å². The summed E-state index contributed by atoms with van der Waals surface area (Å²) in [5.74, 6) is -3.29. The fourth-order valence-corrected chi connectivity index (χ4v) is 2.99. The molecule has 1 atom stereocenters. The average Bonchev–Trinajstić information content (AvgIpc) is 2.64. The first-order valence-corrected chi connectivity index (χ1v) is 10.8. The van der Waals surface area contributed by atoms with Gasteiger partial charge < -0.3 is 20.3 Å². The summed E-state index contributed by atoms with van der Waals surface area (Å²) in [5, 5.41) is 21.6. The minimum absolute atomic E-state index is 0. The number of carbonyl (C=O) groups excluding carboxylic acids is 2. The third kappa shape index (κ3) is 21.7. The van der Waals surface area contributed by atoms with E-state index in [0.29, 0.717) is 6.42 Å². The van der Waals surface area contributed by atoms with Crippen molar-refractivity contribution in [1.29, 1.82) is 0 Å². The van der Waals surface area contributed by atoms with Gasteiger partial charge in [0.2, 0.25) is 5.91 Å². The fourth-order valence-electron chi connectivity index (χ4n) is 2.99. The fraction of sp³-hybridized carbons (Fsp3) is 0.773. The Morgan fingerprint density at radius 3 is 1.83 bits per heavy atom. The van der Waals surface area contributed by atoms with Crippen LogP contribution in [0.4, 0.5) is 0 Å². The molecule has 29 heavy (non-hydrogen) atoms. The summed E-state index contributed by atoms with van der Waals surface area (Å²) in [4.78, 5) is 33.0. The van der Waals surface area contributed by atoms with Crippen LogP contribution in [-0.4, -0.2) is 29.0 Å². The van der Waals surface area contributed by atoms with Gasteiger partial charge in [0.05, 0.1) is 18.4 Å². The predicted octanol–water partition coefficient (Wildman–Crippen LogP) is 0.737. The SMILES string of the molecule is CCCCCCCC/C=C\CCCCCCCC(=O)N[C@@H](CC(=O)O)C(=O)[O-].[Na+]. The maximum Gasteiger partial charge on any atom is 1.00 e. The summed E-state index contributed by atoms with van der Waals surface area (Å²) in [6, 6.07) is -1.46. The van der Waals surface area contributed by atoms with Crippen LogP contribution in [0.2, 0.25) is 0 Å². The Balaban J connectivity index is 0. The van der Waals surface area contributed by atoms with Crippen molar-refractivity contribution in [3.05, 3.63) is 12.2 Å². The molecular weight excluding hydrogens is 381 g/mol. The van der Waals surface area contributed by atoms with E-state index in [4.69, 9.17) is 5.11 Å². The third-order valence-corrected chi connectivity index (χ3v) is 4.66. The normalized spacial score (nSPS) is 11.8. The van der Waals surface area contributed by atoms with E-state index >= 15 is 0 Å². The van der Waals surface area contributed by atoms with Crippen LogP contribution in [0.15, 0.2) is 12.2 Å². The van der Waals surface area contributed by atoms with Gasteiger partial charge in [-0.25, -0.2) is 0 Å². The maximum absolute atomic E-state index is 11.7. The number of hydrogen-bond donors (Lipinski definition) is 2. The van der Waals surface area contributed by atoms with Crippen LogP contribution in [0, 0.1) is 0 Å². The molecule has 162 valence electrons. The summed E-state index contributed by atoms with van der Waals surface area (Å²) < 4.78 is 0. The number of amides is 1. The van der Waals surface area contributed by atoms with Crippen molar-refractivity contribution < 1.29 is 54.2 Å². The number of carboxylic acids is 2. The topological polar surface area (TPSA) is 107 Å². The van der Waals surface area contributed by atoms with Crippen molar-refractivity contribution in [2.24, 2.45) is 0 Å². The van der Waals surface area contributed by atoms with Crippen LogP contribution in [0.3, 0.4) is 0 Å². The van der Waals surface area contributed by atoms with E-state index in [1.54, 1.807) is 0 Å². The number of aliphatic carboxylic acids is 2. The number of carboxylic acid groups (broad SMARTS) is 2. The van der Waals surface area contributed by atoms with E-state index in [9.17, 15) is 19.5 Å². The summed E-state index contributed by atoms with van der Waals surface area (Å²) in [5.41, 5.74) is 0. The Labute approximate surface area is 198 Å². The van der Waals surface area contributed by atoms with Crippen LogP contribution in [0.25, 0.3) is 0 Å². The molecule has 0 saturated carbocycles. The van der Waals surface area contributed by atoms with Crippen molar-refractivity contribution >= 4 is 17.8 Å². The van der Waals surface area contributed by atoms with Crippen molar-refractivity contribution in [3.63, 3.8) is 0 Å². The van der Waals surface area contributed by atoms with E-state index < -0.39 is 30.3 Å². The predicted molar refractivity (Wildman–Crippen MR) is 109 cm³/mol. The largest absolute Gasteiger partial charge is 1.00 e. The van der Waals surface area contributed by atoms with Crippen LogP contribution in [0.1, 0.15) is 103 Å². The number of carbonyl (C=O) groups is 3. The van der Waals surface area contributed by atoms with Crippen molar-refractivity contribution in [3.8, 4) is 0 Å². The van der Waals surface area contributed by atoms with Gasteiger partial charge in [-0.15, -0.1) is 0 Å². The van der Waals surface area contributed by atoms with E-state index in [0.717, 1.165) is 32.1 Å². The minimum Gasteiger partial charge on any atom is -0.548 e. The van der Waals surface area contributed by atoms with Crippen LogP contribution in [0.5, 0.6) is 0 Å². The molecule has 0 rings (SSSR count). The average molecular weight is 420 g/mol. The van der Waals surface area contributed by atoms with Gasteiger partial charge in [0.25, 0.3) is 0 Å². The van der Waals surface area contributed by atoms with Crippen molar-refractivity contribution in [1.82, 2.24) is 5.32 Å². The molecule has 0 bridgehead atoms. The zero-order valence-electron chi connectivity index (χ0n) is 18.4. The Bertz CT molecular complexity index is 468. The molecule has 1 amide bonds. The van der Waals surface area contributed by atoms with Gasteiger partial charge in [-0.3, -0.25) is 9.59 Å². The second-order valence-electron chi connectivity index (χ2n) is 7.37. The van der Waals surface area contributed by atoms with Crippen molar-refractivity contribution in [2.45, 2.75) is 109 Å². The molecular formula is C22H38NNaO5. The first-order valence-electron chi connectivity index (χ1n) is 10.8. The van der Waals surface area contributed by atoms with E-state index in [1.807, 2.05) is 0 Å². The summed E-state index contributed by atoms with van der Waals surface area (Å²) in [6.45, 7) is 2.24. The molecule has 0 aliphatic heterocycles. The number of allylic oxidation sites excluding steroid dienone is 2. The van der Waals surface area contributed by atoms with E-state index in [1.165, 1.54) is 44.9 Å². The molecule has 0 aromatic rings.